The van der Waals surface area contributed by atoms with Crippen molar-refractivity contribution in [2.75, 3.05) is 13.1 Å². The quantitative estimate of drug-likeness (QED) is 0.754. The van der Waals surface area contributed by atoms with Gasteiger partial charge in [-0.05, 0) is 37.6 Å². The molecule has 7 nitrogen and oxygen atoms in total. The first kappa shape index (κ1) is 18.0. The number of hydrogen-bond acceptors (Lipinski definition) is 5. The van der Waals surface area contributed by atoms with Gasteiger partial charge in [-0.3, -0.25) is 14.5 Å². The highest BCUT2D eigenvalue weighted by atomic mass is 16.6. The highest BCUT2D eigenvalue weighted by Crippen LogP contribution is 2.27. The number of nitrogens with one attached hydrogen (secondary N) is 1. The molecule has 1 heterocycles. The van der Waals surface area contributed by atoms with E-state index < -0.39 is 5.97 Å². The number of carbonyl (C=O) groups excluding carboxylic acids is 1. The molecule has 0 unspecified atom stereocenters. The molecule has 2 aromatic rings. The van der Waals surface area contributed by atoms with Crippen LogP contribution in [0.5, 0.6) is 11.7 Å². The fraction of sp³-hybridized carbons (Fsp3) is 0.368. The molecule has 7 heteroatoms. The lowest BCUT2D eigenvalue weighted by molar-refractivity contribution is -0.139. The number of hydrogen-bond donors (Lipinski definition) is 2. The number of likely N-dealkylation sites (N-methyl/N-ethyl adjacent to an activating group) is 1. The van der Waals surface area contributed by atoms with E-state index in [9.17, 15) is 9.59 Å². The first-order chi connectivity index (χ1) is 12.5. The predicted octanol–water partition coefficient (Wildman–Crippen LogP) is 2.74. The summed E-state index contributed by atoms with van der Waals surface area (Å²) >= 11 is 0. The van der Waals surface area contributed by atoms with Gasteiger partial charge in [0.1, 0.15) is 5.75 Å². The molecule has 1 fully saturated rings. The van der Waals surface area contributed by atoms with Gasteiger partial charge in [0.05, 0.1) is 6.54 Å². The third-order valence-corrected chi connectivity index (χ3v) is 4.48. The summed E-state index contributed by atoms with van der Waals surface area (Å²) in [7, 11) is 0. The molecule has 0 atom stereocenters. The molecule has 138 valence electrons. The summed E-state index contributed by atoms with van der Waals surface area (Å²) in [4.78, 5) is 25.0. The molecule has 0 aliphatic heterocycles. The molecule has 1 amide bonds. The van der Waals surface area contributed by atoms with Crippen LogP contribution in [0, 0.1) is 0 Å². The summed E-state index contributed by atoms with van der Waals surface area (Å²) < 4.78 is 11.0. The SMILES string of the molecule is CCN(CC(=O)O)C1CC(NC(=O)c2ccc(Oc3ccccc3)o2)C1. The second-order valence-corrected chi connectivity index (χ2v) is 6.29. The Morgan fingerprint density at radius 3 is 2.62 bits per heavy atom. The van der Waals surface area contributed by atoms with Crippen molar-refractivity contribution in [2.24, 2.45) is 0 Å². The Balaban J connectivity index is 1.48. The van der Waals surface area contributed by atoms with Crippen molar-refractivity contribution in [3.8, 4) is 11.7 Å². The fourth-order valence-electron chi connectivity index (χ4n) is 3.03. The van der Waals surface area contributed by atoms with Crippen LogP contribution in [0.15, 0.2) is 46.9 Å². The van der Waals surface area contributed by atoms with Crippen molar-refractivity contribution in [3.63, 3.8) is 0 Å². The smallest absolute Gasteiger partial charge is 0.317 e. The molecule has 1 aromatic carbocycles. The van der Waals surface area contributed by atoms with Gasteiger partial charge >= 0.3 is 5.97 Å². The van der Waals surface area contributed by atoms with E-state index in [1.54, 1.807) is 24.3 Å². The van der Waals surface area contributed by atoms with Gasteiger partial charge in [0.25, 0.3) is 11.9 Å². The van der Waals surface area contributed by atoms with Crippen LogP contribution in [-0.2, 0) is 4.79 Å². The second-order valence-electron chi connectivity index (χ2n) is 6.29. The molecule has 1 aliphatic carbocycles. The van der Waals surface area contributed by atoms with E-state index in [1.165, 1.54) is 0 Å². The van der Waals surface area contributed by atoms with Gasteiger partial charge in [-0.25, -0.2) is 0 Å². The molecule has 0 bridgehead atoms. The molecular weight excluding hydrogens is 336 g/mol. The summed E-state index contributed by atoms with van der Waals surface area (Å²) in [5.41, 5.74) is 0. The monoisotopic (exact) mass is 358 g/mol. The normalized spacial score (nSPS) is 19.0. The van der Waals surface area contributed by atoms with E-state index in [0.717, 1.165) is 12.8 Å². The standard InChI is InChI=1S/C19H22N2O5/c1-2-21(12-17(22)23)14-10-13(11-14)20-19(24)16-8-9-18(26-16)25-15-6-4-3-5-7-15/h3-9,13-14H,2,10-12H2,1H3,(H,20,24)(H,22,23). The van der Waals surface area contributed by atoms with Crippen molar-refractivity contribution >= 4 is 11.9 Å². The van der Waals surface area contributed by atoms with Crippen LogP contribution in [0.3, 0.4) is 0 Å². The maximum absolute atomic E-state index is 12.3. The summed E-state index contributed by atoms with van der Waals surface area (Å²) in [6, 6.07) is 12.6. The molecule has 1 saturated carbocycles. The first-order valence-corrected chi connectivity index (χ1v) is 8.64. The average molecular weight is 358 g/mol. The van der Waals surface area contributed by atoms with Gasteiger partial charge < -0.3 is 19.6 Å². The van der Waals surface area contributed by atoms with Crippen LogP contribution in [-0.4, -0.2) is 47.1 Å². The lowest BCUT2D eigenvalue weighted by atomic mass is 9.85. The molecule has 2 N–H and O–H groups in total. The van der Waals surface area contributed by atoms with E-state index >= 15 is 0 Å². The lowest BCUT2D eigenvalue weighted by Crippen LogP contribution is -2.54. The summed E-state index contributed by atoms with van der Waals surface area (Å²) in [6.07, 6.45) is 1.47. The topological polar surface area (TPSA) is 92.0 Å². The number of carboxylic acids is 1. The van der Waals surface area contributed by atoms with Crippen LogP contribution in [0.25, 0.3) is 0 Å². The minimum absolute atomic E-state index is 0.0268. The van der Waals surface area contributed by atoms with E-state index in [0.29, 0.717) is 12.3 Å². The van der Waals surface area contributed by atoms with Crippen LogP contribution >= 0.6 is 0 Å². The number of carbonyl (C=O) groups is 2. The molecule has 1 aromatic heterocycles. The number of amides is 1. The van der Waals surface area contributed by atoms with Crippen molar-refractivity contribution in [1.82, 2.24) is 10.2 Å². The van der Waals surface area contributed by atoms with Gasteiger partial charge in [-0.2, -0.15) is 0 Å². The van der Waals surface area contributed by atoms with Gasteiger partial charge in [0.2, 0.25) is 0 Å². The number of para-hydroxylation sites is 1. The van der Waals surface area contributed by atoms with Gasteiger partial charge in [-0.15, -0.1) is 0 Å². The van der Waals surface area contributed by atoms with Crippen molar-refractivity contribution in [3.05, 3.63) is 48.2 Å². The Kier molecular flexibility index (Phi) is 5.58. The summed E-state index contributed by atoms with van der Waals surface area (Å²) in [5, 5.41) is 11.8. The third-order valence-electron chi connectivity index (χ3n) is 4.48. The van der Waals surface area contributed by atoms with Gasteiger partial charge in [-0.1, -0.05) is 25.1 Å². The molecule has 0 saturated heterocycles. The predicted molar refractivity (Wildman–Crippen MR) is 94.4 cm³/mol. The van der Waals surface area contributed by atoms with Crippen LogP contribution < -0.4 is 10.1 Å². The highest BCUT2D eigenvalue weighted by Gasteiger charge is 2.35. The maximum Gasteiger partial charge on any atom is 0.317 e. The number of benzene rings is 1. The van der Waals surface area contributed by atoms with Crippen molar-refractivity contribution < 1.29 is 23.8 Å². The van der Waals surface area contributed by atoms with Crippen molar-refractivity contribution in [2.45, 2.75) is 31.8 Å². The average Bonchev–Trinajstić information content (AvgIpc) is 3.05. The zero-order valence-electron chi connectivity index (χ0n) is 14.6. The zero-order chi connectivity index (χ0) is 18.5. The number of rotatable bonds is 8. The Morgan fingerprint density at radius 1 is 1.23 bits per heavy atom. The molecule has 26 heavy (non-hydrogen) atoms. The van der Waals surface area contributed by atoms with E-state index in [-0.39, 0.29) is 36.2 Å². The Labute approximate surface area is 151 Å². The molecule has 1 aliphatic rings. The molecule has 3 rings (SSSR count). The Bertz CT molecular complexity index is 752. The first-order valence-electron chi connectivity index (χ1n) is 8.64. The van der Waals surface area contributed by atoms with Gasteiger partial charge in [0, 0.05) is 18.2 Å². The Morgan fingerprint density at radius 2 is 1.96 bits per heavy atom. The largest absolute Gasteiger partial charge is 0.480 e. The number of ether oxygens (including phenoxy) is 1. The molecule has 0 spiro atoms. The van der Waals surface area contributed by atoms with E-state index in [1.807, 2.05) is 30.0 Å². The van der Waals surface area contributed by atoms with Crippen molar-refractivity contribution in [1.29, 1.82) is 0 Å². The third kappa shape index (κ3) is 4.43. The lowest BCUT2D eigenvalue weighted by Gasteiger charge is -2.42. The zero-order valence-corrected chi connectivity index (χ0v) is 14.6. The maximum atomic E-state index is 12.3. The highest BCUT2D eigenvalue weighted by molar-refractivity contribution is 5.91. The molecule has 0 radical (unpaired) electrons. The minimum Gasteiger partial charge on any atom is -0.480 e. The number of aliphatic carboxylic acids is 1. The van der Waals surface area contributed by atoms with Crippen LogP contribution in [0.4, 0.5) is 0 Å². The Hall–Kier alpha value is -2.80. The number of nitrogens with zero attached hydrogens (tertiary/aromatic N) is 1. The van der Waals surface area contributed by atoms with E-state index in [2.05, 4.69) is 5.32 Å². The van der Waals surface area contributed by atoms with Gasteiger partial charge in [0.15, 0.2) is 5.76 Å². The van der Waals surface area contributed by atoms with Crippen LogP contribution in [0.2, 0.25) is 0 Å². The molecular formula is C19H22N2O5. The van der Waals surface area contributed by atoms with Crippen LogP contribution in [0.1, 0.15) is 30.3 Å². The number of furan rings is 1. The second kappa shape index (κ2) is 8.05. The van der Waals surface area contributed by atoms with E-state index in [4.69, 9.17) is 14.3 Å². The number of carboxylic acid groups (broad SMARTS) is 1. The minimum atomic E-state index is -0.833. The summed E-state index contributed by atoms with van der Waals surface area (Å²) in [5.74, 6) is -0.0454. The summed E-state index contributed by atoms with van der Waals surface area (Å²) in [6.45, 7) is 2.64. The fourth-order valence-corrected chi connectivity index (χ4v) is 3.03.